The van der Waals surface area contributed by atoms with Gasteiger partial charge >= 0.3 is 0 Å². The van der Waals surface area contributed by atoms with E-state index in [0.29, 0.717) is 10.8 Å². The van der Waals surface area contributed by atoms with Gasteiger partial charge in [-0.25, -0.2) is 0 Å². The molecule has 0 unspecified atom stereocenters. The Morgan fingerprint density at radius 1 is 0.810 bits per heavy atom. The Hall–Kier alpha value is -0.0800. The Labute approximate surface area is 133 Å². The molecule has 2 heteroatoms. The summed E-state index contributed by atoms with van der Waals surface area (Å²) < 4.78 is 0. The fourth-order valence-electron chi connectivity index (χ4n) is 4.86. The van der Waals surface area contributed by atoms with Crippen molar-refractivity contribution in [2.75, 3.05) is 33.2 Å². The quantitative estimate of drug-likeness (QED) is 0.728. The van der Waals surface area contributed by atoms with Gasteiger partial charge in [-0.2, -0.15) is 0 Å². The molecule has 1 aliphatic carbocycles. The number of nitrogens with one attached hydrogen (secondary N) is 1. The van der Waals surface area contributed by atoms with E-state index < -0.39 is 0 Å². The van der Waals surface area contributed by atoms with Crippen LogP contribution in [-0.4, -0.2) is 38.1 Å². The minimum Gasteiger partial charge on any atom is -0.319 e. The van der Waals surface area contributed by atoms with Gasteiger partial charge in [0, 0.05) is 13.1 Å². The van der Waals surface area contributed by atoms with Gasteiger partial charge in [0.05, 0.1) is 0 Å². The van der Waals surface area contributed by atoms with Crippen molar-refractivity contribution in [1.29, 1.82) is 0 Å². The first-order valence-electron chi connectivity index (χ1n) is 9.54. The highest BCUT2D eigenvalue weighted by atomic mass is 15.1. The average molecular weight is 295 g/mol. The van der Waals surface area contributed by atoms with Crippen LogP contribution in [0, 0.1) is 10.8 Å². The average Bonchev–Trinajstić information content (AvgIpc) is 2.75. The lowest BCUT2D eigenvalue weighted by atomic mass is 9.73. The molecule has 0 aromatic heterocycles. The number of hydrogen-bond donors (Lipinski definition) is 1. The highest BCUT2D eigenvalue weighted by Gasteiger charge is 2.36. The van der Waals surface area contributed by atoms with Crippen molar-refractivity contribution in [3.8, 4) is 0 Å². The molecule has 21 heavy (non-hydrogen) atoms. The van der Waals surface area contributed by atoms with Gasteiger partial charge in [-0.15, -0.1) is 0 Å². The largest absolute Gasteiger partial charge is 0.319 e. The SMILES string of the molecule is CCC1(CC)CCN(CC2(CNC)CCCCCC2)CC1. The van der Waals surface area contributed by atoms with Crippen LogP contribution < -0.4 is 5.32 Å². The summed E-state index contributed by atoms with van der Waals surface area (Å²) in [5, 5.41) is 3.51. The first-order valence-corrected chi connectivity index (χ1v) is 9.54. The normalized spacial score (nSPS) is 26.4. The van der Waals surface area contributed by atoms with E-state index in [9.17, 15) is 0 Å². The Balaban J connectivity index is 1.92. The monoisotopic (exact) mass is 294 g/mol. The zero-order chi connectivity index (χ0) is 15.2. The maximum atomic E-state index is 3.51. The van der Waals surface area contributed by atoms with Crippen molar-refractivity contribution in [2.24, 2.45) is 10.8 Å². The summed E-state index contributed by atoms with van der Waals surface area (Å²) >= 11 is 0. The van der Waals surface area contributed by atoms with Crippen LogP contribution in [0.5, 0.6) is 0 Å². The molecule has 0 atom stereocenters. The number of hydrogen-bond acceptors (Lipinski definition) is 2. The third kappa shape index (κ3) is 4.45. The second-order valence-corrected chi connectivity index (χ2v) is 7.93. The molecule has 2 fully saturated rings. The van der Waals surface area contributed by atoms with Gasteiger partial charge in [-0.1, -0.05) is 52.4 Å². The number of nitrogens with zero attached hydrogens (tertiary/aromatic N) is 1. The molecule has 2 aliphatic rings. The molecule has 0 radical (unpaired) electrons. The van der Waals surface area contributed by atoms with Crippen LogP contribution >= 0.6 is 0 Å². The Kier molecular flexibility index (Phi) is 6.55. The first-order chi connectivity index (χ1) is 10.2. The standard InChI is InChI=1S/C19H38N2/c1-4-18(5-2)12-14-21(15-13-18)17-19(16-20-3)10-8-6-7-9-11-19/h20H,4-17H2,1-3H3. The molecular weight excluding hydrogens is 256 g/mol. The Morgan fingerprint density at radius 2 is 1.38 bits per heavy atom. The topological polar surface area (TPSA) is 15.3 Å². The second kappa shape index (κ2) is 7.97. The molecule has 1 saturated carbocycles. The zero-order valence-electron chi connectivity index (χ0n) is 14.8. The maximum Gasteiger partial charge on any atom is 0.00501 e. The minimum absolute atomic E-state index is 0.559. The van der Waals surface area contributed by atoms with Gasteiger partial charge in [0.2, 0.25) is 0 Å². The molecule has 0 aromatic rings. The summed E-state index contributed by atoms with van der Waals surface area (Å²) in [6.45, 7) is 10.0. The molecule has 1 saturated heterocycles. The molecule has 0 spiro atoms. The lowest BCUT2D eigenvalue weighted by molar-refractivity contribution is 0.0536. The Bertz CT molecular complexity index is 278. The fourth-order valence-corrected chi connectivity index (χ4v) is 4.86. The van der Waals surface area contributed by atoms with E-state index in [-0.39, 0.29) is 0 Å². The van der Waals surface area contributed by atoms with Crippen LogP contribution in [0.25, 0.3) is 0 Å². The summed E-state index contributed by atoms with van der Waals surface area (Å²) in [5.74, 6) is 0. The fraction of sp³-hybridized carbons (Fsp3) is 1.00. The van der Waals surface area contributed by atoms with Gasteiger partial charge in [-0.3, -0.25) is 0 Å². The molecule has 2 rings (SSSR count). The van der Waals surface area contributed by atoms with Gasteiger partial charge < -0.3 is 10.2 Å². The van der Waals surface area contributed by atoms with Gasteiger partial charge in [0.15, 0.2) is 0 Å². The molecule has 0 bridgehead atoms. The third-order valence-electron chi connectivity index (χ3n) is 6.69. The van der Waals surface area contributed by atoms with Crippen molar-refractivity contribution < 1.29 is 0 Å². The molecule has 1 heterocycles. The van der Waals surface area contributed by atoms with E-state index in [4.69, 9.17) is 0 Å². The predicted octanol–water partition coefficient (Wildman–Crippen LogP) is 4.45. The van der Waals surface area contributed by atoms with E-state index in [1.807, 2.05) is 0 Å². The van der Waals surface area contributed by atoms with E-state index in [1.54, 1.807) is 0 Å². The molecule has 124 valence electrons. The van der Waals surface area contributed by atoms with E-state index in [1.165, 1.54) is 90.4 Å². The smallest absolute Gasteiger partial charge is 0.00501 e. The molecule has 0 amide bonds. The first kappa shape index (κ1) is 17.3. The molecule has 2 nitrogen and oxygen atoms in total. The van der Waals surface area contributed by atoms with Crippen LogP contribution in [0.1, 0.15) is 78.1 Å². The van der Waals surface area contributed by atoms with Crippen molar-refractivity contribution in [3.05, 3.63) is 0 Å². The van der Waals surface area contributed by atoms with Crippen molar-refractivity contribution >= 4 is 0 Å². The van der Waals surface area contributed by atoms with Gasteiger partial charge in [0.1, 0.15) is 0 Å². The highest BCUT2D eigenvalue weighted by Crippen LogP contribution is 2.40. The van der Waals surface area contributed by atoms with Crippen molar-refractivity contribution in [1.82, 2.24) is 10.2 Å². The number of rotatable bonds is 6. The number of likely N-dealkylation sites (tertiary alicyclic amines) is 1. The van der Waals surface area contributed by atoms with Crippen molar-refractivity contribution in [3.63, 3.8) is 0 Å². The zero-order valence-corrected chi connectivity index (χ0v) is 14.8. The molecule has 0 aromatic carbocycles. The highest BCUT2D eigenvalue weighted by molar-refractivity contribution is 4.90. The molecule has 1 N–H and O–H groups in total. The summed E-state index contributed by atoms with van der Waals surface area (Å²) in [5.41, 5.74) is 1.22. The summed E-state index contributed by atoms with van der Waals surface area (Å²) in [6.07, 6.45) is 14.3. The second-order valence-electron chi connectivity index (χ2n) is 7.93. The van der Waals surface area contributed by atoms with Crippen LogP contribution in [0.3, 0.4) is 0 Å². The maximum absolute atomic E-state index is 3.51. The predicted molar refractivity (Wildman–Crippen MR) is 92.8 cm³/mol. The van der Waals surface area contributed by atoms with Crippen LogP contribution in [0.4, 0.5) is 0 Å². The minimum atomic E-state index is 0.559. The Morgan fingerprint density at radius 3 is 1.86 bits per heavy atom. The van der Waals surface area contributed by atoms with Crippen molar-refractivity contribution in [2.45, 2.75) is 78.1 Å². The van der Waals surface area contributed by atoms with Gasteiger partial charge in [-0.05, 0) is 56.7 Å². The van der Waals surface area contributed by atoms with Crippen LogP contribution in [0.15, 0.2) is 0 Å². The lowest BCUT2D eigenvalue weighted by Crippen LogP contribution is -2.47. The molecule has 1 aliphatic heterocycles. The lowest BCUT2D eigenvalue weighted by Gasteiger charge is -2.45. The third-order valence-corrected chi connectivity index (χ3v) is 6.69. The number of piperidine rings is 1. The van der Waals surface area contributed by atoms with E-state index >= 15 is 0 Å². The summed E-state index contributed by atoms with van der Waals surface area (Å²) in [7, 11) is 2.14. The summed E-state index contributed by atoms with van der Waals surface area (Å²) in [4.78, 5) is 2.80. The molecular formula is C19H38N2. The summed E-state index contributed by atoms with van der Waals surface area (Å²) in [6, 6.07) is 0. The van der Waals surface area contributed by atoms with Crippen LogP contribution in [-0.2, 0) is 0 Å². The van der Waals surface area contributed by atoms with E-state index in [2.05, 4.69) is 31.1 Å². The van der Waals surface area contributed by atoms with Gasteiger partial charge in [0.25, 0.3) is 0 Å². The van der Waals surface area contributed by atoms with Crippen LogP contribution in [0.2, 0.25) is 0 Å². The van der Waals surface area contributed by atoms with E-state index in [0.717, 1.165) is 0 Å².